The third kappa shape index (κ3) is 2.39. The van der Waals surface area contributed by atoms with E-state index in [1.807, 2.05) is 12.1 Å². The van der Waals surface area contributed by atoms with Crippen LogP contribution in [0.25, 0.3) is 22.1 Å². The van der Waals surface area contributed by atoms with Gasteiger partial charge in [-0.15, -0.1) is 0 Å². The molecular formula is C17H22N4. The Morgan fingerprint density at radius 1 is 0.810 bits per heavy atom. The van der Waals surface area contributed by atoms with Gasteiger partial charge in [0.2, 0.25) is 0 Å². The lowest BCUT2D eigenvalue weighted by atomic mass is 9.81. The molecule has 0 aliphatic rings. The number of nitrogens with zero attached hydrogens (tertiary/aromatic N) is 3. The molecule has 0 saturated heterocycles. The predicted octanol–water partition coefficient (Wildman–Crippen LogP) is 4.10. The second-order valence-corrected chi connectivity index (χ2v) is 7.69. The zero-order valence-corrected chi connectivity index (χ0v) is 13.6. The fraction of sp³-hybridized carbons (Fsp3) is 0.471. The molecular weight excluding hydrogens is 260 g/mol. The number of imidazole rings is 1. The van der Waals surface area contributed by atoms with Crippen LogP contribution < -0.4 is 0 Å². The molecule has 4 nitrogen and oxygen atoms in total. The van der Waals surface area contributed by atoms with E-state index >= 15 is 0 Å². The number of hydrogen-bond acceptors (Lipinski definition) is 3. The highest BCUT2D eigenvalue weighted by Gasteiger charge is 2.27. The minimum Gasteiger partial charge on any atom is -0.355 e. The molecule has 0 bridgehead atoms. The summed E-state index contributed by atoms with van der Waals surface area (Å²) in [6.07, 6.45) is 1.60. The molecule has 0 fully saturated rings. The molecule has 4 heteroatoms. The zero-order valence-electron chi connectivity index (χ0n) is 13.6. The van der Waals surface area contributed by atoms with Gasteiger partial charge in [0, 0.05) is 16.5 Å². The standard InChI is InChI=1S/C17H22N4/c1-16(2,3)14-15(17(4,5)6)21-13-8-11-10(18-9-19-11)7-12(13)20-14/h7-9,20H,1-6H3. The molecule has 0 aliphatic carbocycles. The summed E-state index contributed by atoms with van der Waals surface area (Å²) >= 11 is 0. The molecule has 110 valence electrons. The van der Waals surface area contributed by atoms with Gasteiger partial charge in [-0.1, -0.05) is 41.5 Å². The number of fused-ring (bicyclic) bond motifs is 2. The van der Waals surface area contributed by atoms with Crippen molar-refractivity contribution in [3.05, 3.63) is 29.8 Å². The van der Waals surface area contributed by atoms with Gasteiger partial charge in [0.05, 0.1) is 27.8 Å². The van der Waals surface area contributed by atoms with Crippen LogP contribution in [0, 0.1) is 0 Å². The van der Waals surface area contributed by atoms with Crippen molar-refractivity contribution in [1.82, 2.24) is 19.9 Å². The van der Waals surface area contributed by atoms with E-state index in [1.165, 1.54) is 5.69 Å². The molecule has 21 heavy (non-hydrogen) atoms. The Morgan fingerprint density at radius 3 is 2.00 bits per heavy atom. The van der Waals surface area contributed by atoms with Gasteiger partial charge >= 0.3 is 0 Å². The molecule has 1 N–H and O–H groups in total. The van der Waals surface area contributed by atoms with Gasteiger partial charge in [0.1, 0.15) is 6.33 Å². The number of benzene rings is 1. The lowest BCUT2D eigenvalue weighted by Gasteiger charge is -2.29. The number of H-pyrrole nitrogens is 1. The van der Waals surface area contributed by atoms with E-state index < -0.39 is 0 Å². The van der Waals surface area contributed by atoms with Gasteiger partial charge in [-0.2, -0.15) is 0 Å². The van der Waals surface area contributed by atoms with Crippen molar-refractivity contribution in [1.29, 1.82) is 0 Å². The number of nitrogens with one attached hydrogen (secondary N) is 1. The molecule has 2 aromatic heterocycles. The second kappa shape index (κ2) is 4.26. The minimum atomic E-state index is -0.0139. The summed E-state index contributed by atoms with van der Waals surface area (Å²) in [5.41, 5.74) is 6.05. The van der Waals surface area contributed by atoms with Crippen LogP contribution in [0.2, 0.25) is 0 Å². The summed E-state index contributed by atoms with van der Waals surface area (Å²) in [5.74, 6) is 0. The smallest absolute Gasteiger partial charge is 0.116 e. The monoisotopic (exact) mass is 282 g/mol. The fourth-order valence-electron chi connectivity index (χ4n) is 2.57. The summed E-state index contributed by atoms with van der Waals surface area (Å²) in [6.45, 7) is 13.2. The van der Waals surface area contributed by atoms with Crippen LogP contribution in [0.5, 0.6) is 0 Å². The van der Waals surface area contributed by atoms with Crippen LogP contribution in [0.1, 0.15) is 52.9 Å². The maximum absolute atomic E-state index is 4.94. The van der Waals surface area contributed by atoms with E-state index in [0.29, 0.717) is 0 Å². The van der Waals surface area contributed by atoms with Crippen molar-refractivity contribution in [3.8, 4) is 0 Å². The molecule has 2 heterocycles. The van der Waals surface area contributed by atoms with Crippen LogP contribution >= 0.6 is 0 Å². The van der Waals surface area contributed by atoms with Crippen molar-refractivity contribution in [2.75, 3.05) is 0 Å². The Morgan fingerprint density at radius 2 is 1.43 bits per heavy atom. The lowest BCUT2D eigenvalue weighted by molar-refractivity contribution is 0.502. The van der Waals surface area contributed by atoms with Crippen LogP contribution in [0.15, 0.2) is 18.5 Å². The maximum atomic E-state index is 4.94. The summed E-state index contributed by atoms with van der Waals surface area (Å²) in [7, 11) is 0. The highest BCUT2D eigenvalue weighted by molar-refractivity contribution is 5.90. The van der Waals surface area contributed by atoms with Gasteiger partial charge < -0.3 is 4.98 Å². The third-order valence-electron chi connectivity index (χ3n) is 3.68. The maximum Gasteiger partial charge on any atom is 0.116 e. The Kier molecular flexibility index (Phi) is 2.84. The molecule has 0 unspecified atom stereocenters. The van der Waals surface area contributed by atoms with Gasteiger partial charge in [-0.05, 0) is 12.1 Å². The SMILES string of the molecule is CC(C)(C)c1nc2cc3ncnc3cc2[nH]c1C(C)(C)C. The summed E-state index contributed by atoms with van der Waals surface area (Å²) in [6, 6.07) is 4.04. The molecule has 0 spiro atoms. The predicted molar refractivity (Wildman–Crippen MR) is 86.6 cm³/mol. The average molecular weight is 282 g/mol. The topological polar surface area (TPSA) is 54.5 Å². The Balaban J connectivity index is 2.39. The molecule has 1 aromatic carbocycles. The number of rotatable bonds is 0. The fourth-order valence-corrected chi connectivity index (χ4v) is 2.57. The van der Waals surface area contributed by atoms with Crippen LogP contribution in [0.4, 0.5) is 0 Å². The van der Waals surface area contributed by atoms with E-state index in [-0.39, 0.29) is 10.8 Å². The normalized spacial score (nSPS) is 13.2. The largest absolute Gasteiger partial charge is 0.355 e. The van der Waals surface area contributed by atoms with Crippen LogP contribution in [-0.4, -0.2) is 19.9 Å². The molecule has 0 saturated carbocycles. The van der Waals surface area contributed by atoms with Crippen molar-refractivity contribution in [3.63, 3.8) is 0 Å². The molecule has 3 aromatic rings. The van der Waals surface area contributed by atoms with Crippen molar-refractivity contribution in [2.24, 2.45) is 0 Å². The number of aromatic amines is 1. The number of aromatic nitrogens is 4. The highest BCUT2D eigenvalue weighted by atomic mass is 14.9. The van der Waals surface area contributed by atoms with Gasteiger partial charge in [-0.25, -0.2) is 15.0 Å². The van der Waals surface area contributed by atoms with Crippen molar-refractivity contribution >= 4 is 22.1 Å². The Bertz CT molecular complexity index is 749. The van der Waals surface area contributed by atoms with E-state index in [9.17, 15) is 0 Å². The van der Waals surface area contributed by atoms with E-state index in [0.717, 1.165) is 27.8 Å². The van der Waals surface area contributed by atoms with Gasteiger partial charge in [0.15, 0.2) is 0 Å². The van der Waals surface area contributed by atoms with E-state index in [2.05, 4.69) is 56.5 Å². The molecule has 0 radical (unpaired) electrons. The Hall–Kier alpha value is -1.97. The Labute approximate surface area is 125 Å². The first-order valence-electron chi connectivity index (χ1n) is 7.32. The highest BCUT2D eigenvalue weighted by Crippen LogP contribution is 2.33. The van der Waals surface area contributed by atoms with Crippen LogP contribution in [-0.2, 0) is 10.8 Å². The molecule has 0 aliphatic heterocycles. The van der Waals surface area contributed by atoms with E-state index in [1.54, 1.807) is 6.33 Å². The van der Waals surface area contributed by atoms with Gasteiger partial charge in [-0.3, -0.25) is 0 Å². The molecule has 3 rings (SSSR count). The summed E-state index contributed by atoms with van der Waals surface area (Å²) < 4.78 is 0. The number of hydrogen-bond donors (Lipinski definition) is 1. The van der Waals surface area contributed by atoms with Crippen molar-refractivity contribution in [2.45, 2.75) is 52.4 Å². The second-order valence-electron chi connectivity index (χ2n) is 7.69. The molecule has 0 amide bonds. The zero-order chi connectivity index (χ0) is 15.4. The third-order valence-corrected chi connectivity index (χ3v) is 3.68. The first-order valence-corrected chi connectivity index (χ1v) is 7.32. The van der Waals surface area contributed by atoms with Crippen molar-refractivity contribution < 1.29 is 0 Å². The average Bonchev–Trinajstić information content (AvgIpc) is 2.79. The van der Waals surface area contributed by atoms with E-state index in [4.69, 9.17) is 4.98 Å². The first-order chi connectivity index (χ1) is 9.66. The summed E-state index contributed by atoms with van der Waals surface area (Å²) in [4.78, 5) is 17.1. The molecule has 0 atom stereocenters. The van der Waals surface area contributed by atoms with Gasteiger partial charge in [0.25, 0.3) is 0 Å². The minimum absolute atomic E-state index is 0.0104. The lowest BCUT2D eigenvalue weighted by Crippen LogP contribution is -2.25. The first kappa shape index (κ1) is 14.0. The summed E-state index contributed by atoms with van der Waals surface area (Å²) in [5, 5.41) is 0. The quantitative estimate of drug-likeness (QED) is 0.675. The van der Waals surface area contributed by atoms with Crippen LogP contribution in [0.3, 0.4) is 0 Å².